The van der Waals surface area contributed by atoms with E-state index in [9.17, 15) is 48.6 Å². The Morgan fingerprint density at radius 3 is 1.23 bits per heavy atom. The van der Waals surface area contributed by atoms with Crippen LogP contribution >= 0.6 is 11.6 Å². The van der Waals surface area contributed by atoms with Gasteiger partial charge >= 0.3 is 29.8 Å². The average molecular weight is 2060 g/mol. The summed E-state index contributed by atoms with van der Waals surface area (Å²) in [5.74, 6) is -2.00. The van der Waals surface area contributed by atoms with Crippen LogP contribution in [0.15, 0.2) is 259 Å². The quantitative estimate of drug-likeness (QED) is 0.0217. The summed E-state index contributed by atoms with van der Waals surface area (Å²) >= 11 is 6.09. The van der Waals surface area contributed by atoms with Crippen LogP contribution in [-0.4, -0.2) is 224 Å². The first-order valence-electron chi connectivity index (χ1n) is 48.4. The molecule has 10 aromatic heterocycles. The fraction of sp³-hybridized carbons (Fsp3) is 0.365. The Kier molecular flexibility index (Phi) is 35.2. The molecule has 5 aliphatic heterocycles. The van der Waals surface area contributed by atoms with E-state index in [2.05, 4.69) is 70.7 Å². The summed E-state index contributed by atoms with van der Waals surface area (Å²) in [7, 11) is 0. The molecule has 1 unspecified atom stereocenters. The lowest BCUT2D eigenvalue weighted by Gasteiger charge is -2.23. The molecule has 6 aromatic carbocycles. The molecule has 0 saturated carbocycles. The van der Waals surface area contributed by atoms with Crippen molar-refractivity contribution in [3.8, 4) is 0 Å². The number of aromatic amines is 2. The highest BCUT2D eigenvalue weighted by molar-refractivity contribution is 6.33. The molecule has 7 N–H and O–H groups in total. The van der Waals surface area contributed by atoms with Crippen molar-refractivity contribution in [2.45, 2.75) is 213 Å². The Balaban J connectivity index is 0.000000129. The van der Waals surface area contributed by atoms with Gasteiger partial charge in [-0.3, -0.25) is 37.4 Å². The second-order valence-corrected chi connectivity index (χ2v) is 36.0. The number of carbonyl (C=O) groups is 5. The first-order chi connectivity index (χ1) is 72.3. The number of carbonyl (C=O) groups excluding carboxylic acids is 5. The molecular formula is C104H112ClN21O23. The molecule has 15 heterocycles. The number of nitrogens with two attached hydrogens (primary N) is 1. The van der Waals surface area contributed by atoms with E-state index in [1.165, 1.54) is 52.2 Å². The Morgan fingerprint density at radius 1 is 0.416 bits per heavy atom. The lowest BCUT2D eigenvalue weighted by Crippen LogP contribution is -2.34. The lowest BCUT2D eigenvalue weighted by molar-refractivity contribution is -0.186. The fourth-order valence-corrected chi connectivity index (χ4v) is 18.3. The van der Waals surface area contributed by atoms with Crippen molar-refractivity contribution in [2.24, 2.45) is 23.7 Å². The zero-order valence-corrected chi connectivity index (χ0v) is 83.3. The van der Waals surface area contributed by atoms with E-state index in [-0.39, 0.29) is 113 Å². The molecule has 16 aromatic rings. The van der Waals surface area contributed by atoms with Crippen LogP contribution in [0.1, 0.15) is 165 Å². The van der Waals surface area contributed by atoms with Crippen molar-refractivity contribution in [1.29, 1.82) is 0 Å². The molecule has 149 heavy (non-hydrogen) atoms. The number of H-pyrrole nitrogens is 2. The summed E-state index contributed by atoms with van der Waals surface area (Å²) in [5, 5.41) is 58.6. The number of anilines is 1. The first kappa shape index (κ1) is 106. The number of hydrogen-bond donors (Lipinski definition) is 6. The second kappa shape index (κ2) is 49.3. The minimum absolute atomic E-state index is 0.00269. The zero-order valence-electron chi connectivity index (χ0n) is 82.5. The van der Waals surface area contributed by atoms with Crippen LogP contribution in [-0.2, 0) is 88.3 Å². The molecule has 0 spiro atoms. The number of aromatic nitrogens is 20. The number of halogens is 1. The maximum Gasteiger partial charge on any atom is 0.338 e. The number of nitrogens with zero attached hydrogens (tertiary/aromatic N) is 18. The summed E-state index contributed by atoms with van der Waals surface area (Å²) in [6, 6.07) is 54.8. The Labute approximate surface area is 855 Å². The van der Waals surface area contributed by atoms with Crippen molar-refractivity contribution < 1.29 is 96.1 Å². The lowest BCUT2D eigenvalue weighted by atomic mass is 9.98. The number of ether oxygens (including phenoxy) is 12. The number of esters is 5. The molecule has 778 valence electrons. The van der Waals surface area contributed by atoms with E-state index >= 15 is 0 Å². The normalized spacial score (nSPS) is 23.6. The van der Waals surface area contributed by atoms with Gasteiger partial charge in [-0.25, -0.2) is 58.6 Å². The van der Waals surface area contributed by atoms with Crippen LogP contribution < -0.4 is 22.4 Å². The van der Waals surface area contributed by atoms with Gasteiger partial charge in [-0.1, -0.05) is 200 Å². The number of benzene rings is 6. The summed E-state index contributed by atoms with van der Waals surface area (Å²) < 4.78 is 78.4. The topological polar surface area (TPSA) is 550 Å². The molecule has 5 fully saturated rings. The van der Waals surface area contributed by atoms with Crippen LogP contribution in [0, 0.1) is 23.7 Å². The van der Waals surface area contributed by atoms with Gasteiger partial charge in [0.15, 0.2) is 76.8 Å². The Hall–Kier alpha value is -15.5. The van der Waals surface area contributed by atoms with Gasteiger partial charge in [0, 0.05) is 30.6 Å². The standard InChI is InChI=1S/C27H28N4O5.C19H19ClN4O3.C19H20N4O4.C16H20O5.C13H12N4O2.C10H13N5O4/c1-3-22-18(2)24(36-27(33)20-12-8-5-9-13-20)26(35-22)30-16-28-23-21(30)14-29-31(25(23)32)17-34-15-19-10-6-4-7-11-19;1-3-14-11(2)16(27-19(25)12-7-5-4-6-8-12)18(26-14)24-10-21-15-13(24)9-22-23-17(15)20;1-3-14-11(2)16(27-19(25)12-7-5-4-6-8-12)18(26-14)23-10-20-15-13(23)9-21-22-17(15)24;1-4-13-10(2)14(16(20-13)19-11(3)17)21-15(18)12-8-6-5-7-9-12;18-13-12-11(14-8-15-12)6-16-17(13)9-19-7-10-4-2-1-3-5-10;11-9-6-4(1-13-14-9)15(3-12-6)10-8(18)7(17)5(2-16)19-10/h4-14,16,18,22,24,26H,3,15,17H2,1-2H3;4-11,14,16,18H,3H2,1-2H3;4-11,14,16,18H,3H2,1-2H3,(H,22,24);5-10,13-14,16H,4H2,1-3H3;1-6,8H,7,9H2,(H,14,15);1,3,5,7-8,10,16-18H,2H2,(H2,11,14)/t18-,22-,24-,26-;2*11-,14-,16-,18-;10-,13-,14-,16?;;5-,7-,8-,10-/m1111.1/s1. The number of imidazole rings is 5. The largest absolute Gasteiger partial charge is 0.454 e. The average Bonchev–Trinajstić information content (AvgIpc) is 1.62. The fourth-order valence-electron chi connectivity index (χ4n) is 18.1. The molecule has 21 rings (SSSR count). The highest BCUT2D eigenvalue weighted by Crippen LogP contribution is 2.44. The van der Waals surface area contributed by atoms with Crippen molar-refractivity contribution in [2.75, 3.05) is 12.3 Å². The van der Waals surface area contributed by atoms with Gasteiger partial charge in [-0.2, -0.15) is 25.5 Å². The molecule has 44 nitrogen and oxygen atoms in total. The number of hydrogen-bond acceptors (Lipinski definition) is 36. The van der Waals surface area contributed by atoms with Gasteiger partial charge in [0.2, 0.25) is 6.29 Å². The van der Waals surface area contributed by atoms with Gasteiger partial charge in [-0.15, -0.1) is 10.2 Å². The number of nitrogen functional groups attached to an aromatic ring is 1. The first-order valence-corrected chi connectivity index (χ1v) is 48.8. The van der Waals surface area contributed by atoms with Gasteiger partial charge in [0.1, 0.15) is 42.8 Å². The second-order valence-electron chi connectivity index (χ2n) is 35.7. The third kappa shape index (κ3) is 24.3. The Morgan fingerprint density at radius 2 is 0.785 bits per heavy atom. The third-order valence-electron chi connectivity index (χ3n) is 26.1. The van der Waals surface area contributed by atoms with E-state index in [4.69, 9.17) is 79.3 Å². The van der Waals surface area contributed by atoms with Crippen LogP contribution in [0.4, 0.5) is 5.82 Å². The van der Waals surface area contributed by atoms with Crippen molar-refractivity contribution in [3.05, 3.63) is 314 Å². The minimum atomic E-state index is -1.18. The summed E-state index contributed by atoms with van der Waals surface area (Å²) in [4.78, 5) is 122. The monoisotopic (exact) mass is 2060 g/mol. The molecule has 0 amide bonds. The summed E-state index contributed by atoms with van der Waals surface area (Å²) in [6.07, 6.45) is 9.33. The number of rotatable bonds is 26. The maximum absolute atomic E-state index is 13.0. The molecule has 0 aliphatic carbocycles. The molecule has 5 saturated heterocycles. The van der Waals surface area contributed by atoms with E-state index in [0.717, 1.165) is 36.8 Å². The predicted molar refractivity (Wildman–Crippen MR) is 536 cm³/mol. The highest BCUT2D eigenvalue weighted by atomic mass is 35.5. The molecule has 0 bridgehead atoms. The van der Waals surface area contributed by atoms with E-state index in [1.54, 1.807) is 125 Å². The molecule has 45 heteroatoms. The van der Waals surface area contributed by atoms with Crippen LogP contribution in [0.3, 0.4) is 0 Å². The van der Waals surface area contributed by atoms with Gasteiger partial charge in [0.25, 0.3) is 16.7 Å². The minimum Gasteiger partial charge on any atom is -0.454 e. The van der Waals surface area contributed by atoms with E-state index in [0.29, 0.717) is 79.6 Å². The van der Waals surface area contributed by atoms with Crippen LogP contribution in [0.25, 0.3) is 55.2 Å². The van der Waals surface area contributed by atoms with Crippen molar-refractivity contribution >= 4 is 102 Å². The number of aliphatic hydroxyl groups is 3. The number of fused-ring (bicyclic) bond motifs is 5. The van der Waals surface area contributed by atoms with E-state index < -0.39 is 97.8 Å². The smallest absolute Gasteiger partial charge is 0.338 e. The SMILES string of the molecule is CC[C@H]1OC(OC(C)=O)[C@H](OC(=O)c2ccccc2)[C@@H]1C.CC[C@H]1O[C@@H](n2cnc3c(=O)[nH]ncc32)[C@H](OC(=O)c2ccccc2)[C@@H]1C.CC[C@H]1O[C@@H](n2cnc3c(=O)n(COCc4ccccc4)ncc32)[C@H](OC(=O)c2ccccc2)[C@@H]1C.CC[C@H]1O[C@@H](n2cnc3c(Cl)nncc32)[C@H](OC(=O)c2ccccc2)[C@@H]1C.Nc1nncc2c1ncn2[C@@H]1O[C@H](CO)[C@@H](O)[C@H]1O.O=c1c2nc[nH]c2cnn1COCc1ccccc1. The summed E-state index contributed by atoms with van der Waals surface area (Å²) in [5.41, 5.74) is 13.4. The third-order valence-corrected chi connectivity index (χ3v) is 26.4. The van der Waals surface area contributed by atoms with Gasteiger partial charge in [-0.05, 0) is 85.3 Å². The number of aliphatic hydroxyl groups excluding tert-OH is 3. The zero-order chi connectivity index (χ0) is 105. The number of nitrogens with one attached hydrogen (secondary N) is 2. The maximum atomic E-state index is 13.0. The van der Waals surface area contributed by atoms with Gasteiger partial charge in [0.05, 0.1) is 157 Å². The van der Waals surface area contributed by atoms with Crippen molar-refractivity contribution in [3.63, 3.8) is 0 Å². The van der Waals surface area contributed by atoms with Crippen molar-refractivity contribution in [1.82, 2.24) is 98.3 Å². The summed E-state index contributed by atoms with van der Waals surface area (Å²) in [6.45, 7) is 17.9. The molecule has 20 atom stereocenters. The predicted octanol–water partition coefficient (Wildman–Crippen LogP) is 11.7. The molecule has 0 radical (unpaired) electrons. The Bertz CT molecular complexity index is 7400. The molecular weight excluding hydrogens is 1950 g/mol. The highest BCUT2D eigenvalue weighted by Gasteiger charge is 2.51. The van der Waals surface area contributed by atoms with Crippen LogP contribution in [0.2, 0.25) is 5.15 Å². The van der Waals surface area contributed by atoms with Crippen LogP contribution in [0.5, 0.6) is 0 Å². The molecule has 5 aliphatic rings. The van der Waals surface area contributed by atoms with E-state index in [1.807, 2.05) is 157 Å². The van der Waals surface area contributed by atoms with Gasteiger partial charge < -0.3 is 82.9 Å².